The molecule has 2 aliphatic heterocycles. The molecule has 0 spiro atoms. The lowest BCUT2D eigenvalue weighted by atomic mass is 9.97. The Morgan fingerprint density at radius 3 is 1.53 bits per heavy atom. The molecule has 9 atom stereocenters. The zero-order valence-electron chi connectivity index (χ0n) is 21.4. The van der Waals surface area contributed by atoms with Gasteiger partial charge in [0.1, 0.15) is 18.8 Å². The molecule has 3 N–H and O–H groups in total. The van der Waals surface area contributed by atoms with Crippen LogP contribution < -0.4 is 0 Å². The predicted octanol–water partition coefficient (Wildman–Crippen LogP) is -2.54. The van der Waals surface area contributed by atoms with E-state index in [2.05, 4.69) is 0 Å². The van der Waals surface area contributed by atoms with Crippen LogP contribution in [0, 0.1) is 0 Å². The van der Waals surface area contributed by atoms with Crippen molar-refractivity contribution in [1.29, 1.82) is 0 Å². The number of carbonyl (C=O) groups is 5. The first-order chi connectivity index (χ1) is 17.8. The van der Waals surface area contributed by atoms with Crippen LogP contribution in [0.15, 0.2) is 0 Å². The Bertz CT molecular complexity index is 891. The average molecular weight is 552 g/mol. The lowest BCUT2D eigenvalue weighted by Gasteiger charge is -2.46. The molecule has 6 unspecified atom stereocenters. The number of carbonyl (C=O) groups excluding carboxylic acids is 5. The zero-order chi connectivity index (χ0) is 28.8. The largest absolute Gasteiger partial charge is 0.456 e. The van der Waals surface area contributed by atoms with Crippen LogP contribution in [0.1, 0.15) is 34.6 Å². The first-order valence-corrected chi connectivity index (χ1v) is 11.5. The van der Waals surface area contributed by atoms with Gasteiger partial charge >= 0.3 is 29.8 Å². The fourth-order valence-corrected chi connectivity index (χ4v) is 4.19. The summed E-state index contributed by atoms with van der Waals surface area (Å²) in [6.45, 7) is 2.48. The molecular formula is C22H32O16. The monoisotopic (exact) mass is 552 g/mol. The highest BCUT2D eigenvalue weighted by Gasteiger charge is 2.63. The standard InChI is InChI=1S/C22H32O16/c1-9(26)31-16-14(6-23)36-21(19(34-12(4)29)18(16)33-11(3)28)38-22(8-25)20(35-13(5)30)17(32-10(2)27)15(7-24)37-22/h14-21,23-25H,6-8H2,1-5H3/t14?,15?,16?,17-,18?,19?,20+,21?,22-/m0/s1. The molecule has 0 radical (unpaired) electrons. The fraction of sp³-hybridized carbons (Fsp3) is 0.773. The molecule has 16 heteroatoms. The molecule has 2 heterocycles. The number of hydrogen-bond acceptors (Lipinski definition) is 16. The molecule has 0 amide bonds. The topological polar surface area (TPSA) is 220 Å². The van der Waals surface area contributed by atoms with E-state index in [0.717, 1.165) is 34.6 Å². The van der Waals surface area contributed by atoms with Gasteiger partial charge in [-0.25, -0.2) is 0 Å². The van der Waals surface area contributed by atoms with Crippen LogP contribution in [0.2, 0.25) is 0 Å². The maximum Gasteiger partial charge on any atom is 0.303 e. The second-order valence-corrected chi connectivity index (χ2v) is 8.48. The molecule has 0 bridgehead atoms. The third-order valence-electron chi connectivity index (χ3n) is 5.44. The van der Waals surface area contributed by atoms with E-state index in [1.54, 1.807) is 0 Å². The second kappa shape index (κ2) is 13.3. The van der Waals surface area contributed by atoms with Gasteiger partial charge in [0.05, 0.1) is 13.2 Å². The third kappa shape index (κ3) is 7.36. The van der Waals surface area contributed by atoms with Gasteiger partial charge in [-0.05, 0) is 0 Å². The molecule has 0 aromatic heterocycles. The molecule has 0 aromatic rings. The maximum atomic E-state index is 12.0. The van der Waals surface area contributed by atoms with E-state index < -0.39 is 104 Å². The second-order valence-electron chi connectivity index (χ2n) is 8.48. The maximum absolute atomic E-state index is 12.0. The van der Waals surface area contributed by atoms with Gasteiger partial charge in [-0.1, -0.05) is 0 Å². The molecule has 38 heavy (non-hydrogen) atoms. The average Bonchev–Trinajstić information content (AvgIpc) is 3.08. The summed E-state index contributed by atoms with van der Waals surface area (Å²) in [6, 6.07) is 0. The summed E-state index contributed by atoms with van der Waals surface area (Å²) in [5.41, 5.74) is 0. The van der Waals surface area contributed by atoms with Crippen molar-refractivity contribution in [2.75, 3.05) is 19.8 Å². The number of ether oxygens (including phenoxy) is 8. The van der Waals surface area contributed by atoms with Crippen LogP contribution in [0.3, 0.4) is 0 Å². The van der Waals surface area contributed by atoms with Crippen molar-refractivity contribution in [2.45, 2.75) is 89.4 Å². The van der Waals surface area contributed by atoms with Gasteiger partial charge < -0.3 is 53.2 Å². The Morgan fingerprint density at radius 1 is 0.632 bits per heavy atom. The van der Waals surface area contributed by atoms with Crippen molar-refractivity contribution in [2.24, 2.45) is 0 Å². The van der Waals surface area contributed by atoms with Crippen LogP contribution in [0.25, 0.3) is 0 Å². The zero-order valence-corrected chi connectivity index (χ0v) is 21.4. The molecule has 16 nitrogen and oxygen atoms in total. The Balaban J connectivity index is 2.58. The molecule has 0 aromatic carbocycles. The van der Waals surface area contributed by atoms with Crippen LogP contribution in [0.5, 0.6) is 0 Å². The van der Waals surface area contributed by atoms with Crippen LogP contribution in [-0.4, -0.2) is 120 Å². The Labute approximate surface area is 216 Å². The molecule has 2 fully saturated rings. The van der Waals surface area contributed by atoms with E-state index in [1.807, 2.05) is 0 Å². The molecule has 0 saturated carbocycles. The summed E-state index contributed by atoms with van der Waals surface area (Å²) in [4.78, 5) is 59.2. The molecule has 2 saturated heterocycles. The van der Waals surface area contributed by atoms with Crippen LogP contribution >= 0.6 is 0 Å². The quantitative estimate of drug-likeness (QED) is 0.188. The third-order valence-corrected chi connectivity index (χ3v) is 5.44. The number of rotatable bonds is 10. The molecule has 2 aliphatic rings. The van der Waals surface area contributed by atoms with Gasteiger partial charge in [0.25, 0.3) is 0 Å². The van der Waals surface area contributed by atoms with Gasteiger partial charge in [-0.2, -0.15) is 0 Å². The van der Waals surface area contributed by atoms with Gasteiger partial charge in [-0.3, -0.25) is 24.0 Å². The van der Waals surface area contributed by atoms with E-state index >= 15 is 0 Å². The molecule has 2 rings (SSSR count). The van der Waals surface area contributed by atoms with Gasteiger partial charge in [0, 0.05) is 34.6 Å². The van der Waals surface area contributed by atoms with Gasteiger partial charge in [-0.15, -0.1) is 0 Å². The number of esters is 5. The van der Waals surface area contributed by atoms with Crippen molar-refractivity contribution in [3.8, 4) is 0 Å². The van der Waals surface area contributed by atoms with E-state index in [1.165, 1.54) is 0 Å². The van der Waals surface area contributed by atoms with E-state index in [9.17, 15) is 39.3 Å². The minimum Gasteiger partial charge on any atom is -0.456 e. The number of hydrogen-bond donors (Lipinski definition) is 3. The van der Waals surface area contributed by atoms with Crippen molar-refractivity contribution in [1.82, 2.24) is 0 Å². The fourth-order valence-electron chi connectivity index (χ4n) is 4.19. The first kappa shape index (κ1) is 31.3. The van der Waals surface area contributed by atoms with Gasteiger partial charge in [0.2, 0.25) is 12.1 Å². The minimum absolute atomic E-state index is 0.774. The van der Waals surface area contributed by atoms with Crippen LogP contribution in [-0.2, 0) is 61.9 Å². The number of aliphatic hydroxyl groups is 3. The summed E-state index contributed by atoms with van der Waals surface area (Å²) in [5.74, 6) is -6.78. The predicted molar refractivity (Wildman–Crippen MR) is 116 cm³/mol. The van der Waals surface area contributed by atoms with Crippen molar-refractivity contribution in [3.63, 3.8) is 0 Å². The normalized spacial score (nSPS) is 34.6. The highest BCUT2D eigenvalue weighted by atomic mass is 16.8. The smallest absolute Gasteiger partial charge is 0.303 e. The minimum atomic E-state index is -2.39. The van der Waals surface area contributed by atoms with Crippen LogP contribution in [0.4, 0.5) is 0 Å². The summed E-state index contributed by atoms with van der Waals surface area (Å²) in [6.07, 6.45) is -12.5. The summed E-state index contributed by atoms with van der Waals surface area (Å²) in [5, 5.41) is 30.1. The summed E-state index contributed by atoms with van der Waals surface area (Å²) >= 11 is 0. The van der Waals surface area contributed by atoms with E-state index in [4.69, 9.17) is 37.9 Å². The summed E-state index contributed by atoms with van der Waals surface area (Å²) < 4.78 is 43.3. The summed E-state index contributed by atoms with van der Waals surface area (Å²) in [7, 11) is 0. The first-order valence-electron chi connectivity index (χ1n) is 11.5. The Kier molecular flexibility index (Phi) is 10.9. The Morgan fingerprint density at radius 2 is 1.08 bits per heavy atom. The van der Waals surface area contributed by atoms with Crippen molar-refractivity contribution < 1.29 is 77.2 Å². The Hall–Kier alpha value is -2.89. The lowest BCUT2D eigenvalue weighted by Crippen LogP contribution is -2.65. The highest BCUT2D eigenvalue weighted by Crippen LogP contribution is 2.40. The van der Waals surface area contributed by atoms with Crippen molar-refractivity contribution >= 4 is 29.8 Å². The lowest BCUT2D eigenvalue weighted by molar-refractivity contribution is -0.384. The SMILES string of the molecule is CC(=O)OC1C(CO)OC(O[C@]2(CO)OC(CO)[C@H](OC(C)=O)[C@H]2OC(C)=O)C(OC(C)=O)C1OC(C)=O. The van der Waals surface area contributed by atoms with E-state index in [-0.39, 0.29) is 0 Å². The van der Waals surface area contributed by atoms with Crippen molar-refractivity contribution in [3.05, 3.63) is 0 Å². The van der Waals surface area contributed by atoms with E-state index in [0.29, 0.717) is 0 Å². The van der Waals surface area contributed by atoms with Gasteiger partial charge in [0.15, 0.2) is 30.5 Å². The molecule has 216 valence electrons. The number of aliphatic hydroxyl groups excluding tert-OH is 3. The molecular weight excluding hydrogens is 520 g/mol. The molecule has 0 aliphatic carbocycles. The highest BCUT2D eigenvalue weighted by molar-refractivity contribution is 5.69.